The highest BCUT2D eigenvalue weighted by atomic mass is 16.5. The summed E-state index contributed by atoms with van der Waals surface area (Å²) in [5.74, 6) is 0.826. The van der Waals surface area contributed by atoms with Crippen molar-refractivity contribution < 1.29 is 4.74 Å². The minimum absolute atomic E-state index is 0.167. The molecule has 0 saturated heterocycles. The minimum Gasteiger partial charge on any atom is -0.497 e. The number of anilines is 1. The van der Waals surface area contributed by atoms with E-state index in [0.717, 1.165) is 34.8 Å². The van der Waals surface area contributed by atoms with Crippen LogP contribution in [0, 0.1) is 0 Å². The van der Waals surface area contributed by atoms with E-state index in [2.05, 4.69) is 88.9 Å². The van der Waals surface area contributed by atoms with Crippen molar-refractivity contribution in [1.82, 2.24) is 0 Å². The van der Waals surface area contributed by atoms with Gasteiger partial charge in [-0.1, -0.05) is 72.8 Å². The van der Waals surface area contributed by atoms with Gasteiger partial charge in [-0.05, 0) is 53.1 Å². The number of benzene rings is 4. The van der Waals surface area contributed by atoms with E-state index in [-0.39, 0.29) is 6.04 Å². The lowest BCUT2D eigenvalue weighted by molar-refractivity contribution is 0.415. The largest absolute Gasteiger partial charge is 0.497 e. The molecule has 4 aromatic carbocycles. The van der Waals surface area contributed by atoms with Crippen molar-refractivity contribution in [1.29, 1.82) is 0 Å². The Morgan fingerprint density at radius 3 is 2.15 bits per heavy atom. The quantitative estimate of drug-likeness (QED) is 0.315. The van der Waals surface area contributed by atoms with Crippen LogP contribution in [0.5, 0.6) is 5.75 Å². The van der Waals surface area contributed by atoms with E-state index in [9.17, 15) is 0 Å². The highest BCUT2D eigenvalue weighted by molar-refractivity contribution is 6.03. The number of methoxy groups -OCH3 is 1. The van der Waals surface area contributed by atoms with Gasteiger partial charge in [0.2, 0.25) is 0 Å². The molecule has 0 fully saturated rings. The summed E-state index contributed by atoms with van der Waals surface area (Å²) in [4.78, 5) is 4.57. The number of ether oxygens (including phenoxy) is 1. The molecule has 33 heavy (non-hydrogen) atoms. The molecule has 0 amide bonds. The molecule has 4 aromatic rings. The van der Waals surface area contributed by atoms with E-state index in [1.807, 2.05) is 36.5 Å². The smallest absolute Gasteiger partial charge is 0.119 e. The van der Waals surface area contributed by atoms with E-state index in [1.165, 1.54) is 11.1 Å². The summed E-state index contributed by atoms with van der Waals surface area (Å²) in [5.41, 5.74) is 6.53. The van der Waals surface area contributed by atoms with Crippen LogP contribution >= 0.6 is 0 Å². The molecule has 1 heterocycles. The van der Waals surface area contributed by atoms with E-state index in [0.29, 0.717) is 0 Å². The molecule has 0 aliphatic carbocycles. The van der Waals surface area contributed by atoms with Gasteiger partial charge in [0.05, 0.1) is 30.2 Å². The van der Waals surface area contributed by atoms with Crippen molar-refractivity contribution >= 4 is 23.3 Å². The fourth-order valence-corrected chi connectivity index (χ4v) is 4.02. The van der Waals surface area contributed by atoms with Gasteiger partial charge in [-0.2, -0.15) is 5.10 Å². The Labute approximate surface area is 194 Å². The zero-order valence-corrected chi connectivity index (χ0v) is 18.5. The molecule has 0 radical (unpaired) electrons. The van der Waals surface area contributed by atoms with Crippen LogP contribution in [0.3, 0.4) is 0 Å². The van der Waals surface area contributed by atoms with Crippen LogP contribution < -0.4 is 9.75 Å². The summed E-state index contributed by atoms with van der Waals surface area (Å²) >= 11 is 0. The first-order chi connectivity index (χ1) is 16.3. The van der Waals surface area contributed by atoms with Gasteiger partial charge in [-0.25, -0.2) is 0 Å². The first kappa shape index (κ1) is 20.7. The van der Waals surface area contributed by atoms with Crippen molar-refractivity contribution in [3.63, 3.8) is 0 Å². The average molecular weight is 432 g/mol. The second kappa shape index (κ2) is 9.53. The van der Waals surface area contributed by atoms with Gasteiger partial charge in [0.25, 0.3) is 0 Å². The number of hydrogen-bond donors (Lipinski definition) is 0. The maximum absolute atomic E-state index is 5.20. The molecule has 162 valence electrons. The van der Waals surface area contributed by atoms with E-state index in [1.54, 1.807) is 7.11 Å². The van der Waals surface area contributed by atoms with Gasteiger partial charge in [0, 0.05) is 12.6 Å². The molecule has 0 saturated carbocycles. The average Bonchev–Trinajstić information content (AvgIpc) is 3.35. The Hall–Kier alpha value is -4.18. The van der Waals surface area contributed by atoms with E-state index < -0.39 is 0 Å². The fourth-order valence-electron chi connectivity index (χ4n) is 4.02. The van der Waals surface area contributed by atoms with Gasteiger partial charge in [0.1, 0.15) is 5.75 Å². The molecule has 4 heteroatoms. The summed E-state index contributed by atoms with van der Waals surface area (Å²) in [7, 11) is 1.66. The Bertz CT molecular complexity index is 1250. The van der Waals surface area contributed by atoms with Gasteiger partial charge < -0.3 is 4.74 Å². The standard InChI is InChI=1S/C29H25N3O/c1-33-27-18-14-25(15-19-27)30-21-22-12-16-26(17-13-22)32-29(24-10-6-3-7-11-24)20-28(31-32)23-8-4-2-5-9-23/h2-19,21,29H,20H2,1H3/t29-/m1/s1. The number of aliphatic imine (C=N–C) groups is 1. The molecular weight excluding hydrogens is 406 g/mol. The zero-order chi connectivity index (χ0) is 22.5. The number of hydrazone groups is 1. The normalized spacial score (nSPS) is 15.6. The van der Waals surface area contributed by atoms with Crippen LogP contribution in [-0.4, -0.2) is 19.0 Å². The molecule has 5 rings (SSSR count). The highest BCUT2D eigenvalue weighted by Gasteiger charge is 2.29. The number of hydrogen-bond acceptors (Lipinski definition) is 4. The minimum atomic E-state index is 0.167. The maximum atomic E-state index is 5.20. The van der Waals surface area contributed by atoms with Crippen molar-refractivity contribution in [3.8, 4) is 5.75 Å². The first-order valence-corrected chi connectivity index (χ1v) is 11.1. The van der Waals surface area contributed by atoms with Gasteiger partial charge in [-0.15, -0.1) is 0 Å². The van der Waals surface area contributed by atoms with Crippen molar-refractivity contribution in [3.05, 3.63) is 126 Å². The van der Waals surface area contributed by atoms with Gasteiger partial charge in [-0.3, -0.25) is 10.0 Å². The summed E-state index contributed by atoms with van der Waals surface area (Å²) in [6, 6.07) is 37.3. The predicted molar refractivity (Wildman–Crippen MR) is 136 cm³/mol. The summed E-state index contributed by atoms with van der Waals surface area (Å²) in [6.45, 7) is 0. The second-order valence-electron chi connectivity index (χ2n) is 7.94. The van der Waals surface area contributed by atoms with Gasteiger partial charge in [0.15, 0.2) is 0 Å². The SMILES string of the molecule is COc1ccc(N=Cc2ccc(N3N=C(c4ccccc4)C[C@@H]3c3ccccc3)cc2)cc1. The topological polar surface area (TPSA) is 37.2 Å². The van der Waals surface area contributed by atoms with Crippen LogP contribution in [0.15, 0.2) is 119 Å². The second-order valence-corrected chi connectivity index (χ2v) is 7.94. The lowest BCUT2D eigenvalue weighted by Crippen LogP contribution is -2.18. The van der Waals surface area contributed by atoms with Gasteiger partial charge >= 0.3 is 0 Å². The molecule has 0 spiro atoms. The van der Waals surface area contributed by atoms with Crippen LogP contribution in [-0.2, 0) is 0 Å². The molecule has 4 nitrogen and oxygen atoms in total. The Balaban J connectivity index is 1.40. The fraction of sp³-hybridized carbons (Fsp3) is 0.103. The van der Waals surface area contributed by atoms with E-state index >= 15 is 0 Å². The van der Waals surface area contributed by atoms with Crippen molar-refractivity contribution in [2.24, 2.45) is 10.1 Å². The zero-order valence-electron chi connectivity index (χ0n) is 18.5. The highest BCUT2D eigenvalue weighted by Crippen LogP contribution is 2.36. The molecule has 0 N–H and O–H groups in total. The summed E-state index contributed by atoms with van der Waals surface area (Å²) in [5, 5.41) is 7.17. The molecule has 1 atom stereocenters. The van der Waals surface area contributed by atoms with Crippen LogP contribution in [0.4, 0.5) is 11.4 Å². The monoisotopic (exact) mass is 431 g/mol. The first-order valence-electron chi connectivity index (χ1n) is 11.1. The van der Waals surface area contributed by atoms with Crippen LogP contribution in [0.1, 0.15) is 29.2 Å². The number of nitrogens with zero attached hydrogens (tertiary/aromatic N) is 3. The summed E-state index contributed by atoms with van der Waals surface area (Å²) in [6.07, 6.45) is 2.75. The third-order valence-corrected chi connectivity index (χ3v) is 5.79. The lowest BCUT2D eigenvalue weighted by Gasteiger charge is -2.24. The predicted octanol–water partition coefficient (Wildman–Crippen LogP) is 6.80. The van der Waals surface area contributed by atoms with Crippen molar-refractivity contribution in [2.75, 3.05) is 12.1 Å². The van der Waals surface area contributed by atoms with Crippen LogP contribution in [0.25, 0.3) is 0 Å². The Morgan fingerprint density at radius 1 is 0.818 bits per heavy atom. The molecule has 0 aromatic heterocycles. The summed E-state index contributed by atoms with van der Waals surface area (Å²) < 4.78 is 5.20. The van der Waals surface area contributed by atoms with E-state index in [4.69, 9.17) is 9.84 Å². The molecule has 1 aliphatic rings. The Morgan fingerprint density at radius 2 is 1.48 bits per heavy atom. The number of rotatable bonds is 6. The third-order valence-electron chi connectivity index (χ3n) is 5.79. The molecule has 0 bridgehead atoms. The molecular formula is C29H25N3O. The van der Waals surface area contributed by atoms with Crippen LogP contribution in [0.2, 0.25) is 0 Å². The third kappa shape index (κ3) is 4.70. The lowest BCUT2D eigenvalue weighted by atomic mass is 9.98. The molecule has 0 unspecified atom stereocenters. The molecule has 1 aliphatic heterocycles. The maximum Gasteiger partial charge on any atom is 0.119 e. The van der Waals surface area contributed by atoms with Crippen molar-refractivity contribution in [2.45, 2.75) is 12.5 Å². The Kier molecular flexibility index (Phi) is 5.98.